The maximum atomic E-state index is 4.04. The van der Waals surface area contributed by atoms with Crippen LogP contribution in [-0.4, -0.2) is 28.5 Å². The Hall–Kier alpha value is -0.640. The average Bonchev–Trinajstić information content (AvgIpc) is 2.50. The van der Waals surface area contributed by atoms with Gasteiger partial charge in [0.15, 0.2) is 5.95 Å². The summed E-state index contributed by atoms with van der Waals surface area (Å²) in [6.45, 7) is 0.994. The predicted molar refractivity (Wildman–Crippen MR) is 50.1 cm³/mol. The van der Waals surface area contributed by atoms with E-state index < -0.39 is 0 Å². The number of thioether (sulfide) groups is 1. The average molecular weight is 171 g/mol. The van der Waals surface area contributed by atoms with Crippen molar-refractivity contribution >= 4 is 17.7 Å². The van der Waals surface area contributed by atoms with Crippen molar-refractivity contribution in [1.29, 1.82) is 0 Å². The Bertz CT molecular complexity index is 174. The van der Waals surface area contributed by atoms with Crippen molar-refractivity contribution in [2.24, 2.45) is 0 Å². The molecule has 0 saturated carbocycles. The second-order valence-corrected chi connectivity index (χ2v) is 3.20. The topological polar surface area (TPSA) is 40.7 Å². The maximum absolute atomic E-state index is 4.04. The number of hydrogen-bond acceptors (Lipinski definition) is 3. The third-order valence-electron chi connectivity index (χ3n) is 1.32. The molecule has 1 rings (SSSR count). The molecule has 4 heteroatoms. The van der Waals surface area contributed by atoms with Crippen molar-refractivity contribution in [3.8, 4) is 0 Å². The van der Waals surface area contributed by atoms with Crippen molar-refractivity contribution < 1.29 is 0 Å². The van der Waals surface area contributed by atoms with E-state index in [1.54, 1.807) is 6.20 Å². The summed E-state index contributed by atoms with van der Waals surface area (Å²) in [5, 5.41) is 3.18. The van der Waals surface area contributed by atoms with Gasteiger partial charge in [-0.15, -0.1) is 0 Å². The van der Waals surface area contributed by atoms with Crippen molar-refractivity contribution in [3.05, 3.63) is 12.4 Å². The summed E-state index contributed by atoms with van der Waals surface area (Å²) in [5.41, 5.74) is 0. The number of nitrogens with one attached hydrogen (secondary N) is 2. The smallest absolute Gasteiger partial charge is 0.200 e. The van der Waals surface area contributed by atoms with E-state index in [-0.39, 0.29) is 0 Å². The van der Waals surface area contributed by atoms with Crippen LogP contribution in [-0.2, 0) is 0 Å². The molecule has 0 saturated heterocycles. The van der Waals surface area contributed by atoms with Crippen LogP contribution < -0.4 is 5.32 Å². The van der Waals surface area contributed by atoms with Crippen molar-refractivity contribution in [2.75, 3.05) is 23.9 Å². The maximum Gasteiger partial charge on any atom is 0.200 e. The Morgan fingerprint density at radius 1 is 1.73 bits per heavy atom. The van der Waals surface area contributed by atoms with E-state index >= 15 is 0 Å². The predicted octanol–water partition coefficient (Wildman–Crippen LogP) is 1.57. The molecule has 0 aliphatic carbocycles. The summed E-state index contributed by atoms with van der Waals surface area (Å²) >= 11 is 1.87. The molecular formula is C7H13N3S. The third-order valence-corrected chi connectivity index (χ3v) is 2.01. The minimum atomic E-state index is 0.867. The van der Waals surface area contributed by atoms with E-state index in [4.69, 9.17) is 0 Å². The highest BCUT2D eigenvalue weighted by molar-refractivity contribution is 7.98. The highest BCUT2D eigenvalue weighted by atomic mass is 32.2. The van der Waals surface area contributed by atoms with Crippen LogP contribution in [0.25, 0.3) is 0 Å². The largest absolute Gasteiger partial charge is 0.356 e. The molecule has 0 spiro atoms. The molecule has 0 bridgehead atoms. The first-order valence-corrected chi connectivity index (χ1v) is 5.05. The van der Waals surface area contributed by atoms with Crippen LogP contribution in [0.2, 0.25) is 0 Å². The Morgan fingerprint density at radius 3 is 3.27 bits per heavy atom. The van der Waals surface area contributed by atoms with Crippen LogP contribution >= 0.6 is 11.8 Å². The van der Waals surface area contributed by atoms with Crippen LogP contribution in [0, 0.1) is 0 Å². The molecule has 0 fully saturated rings. The van der Waals surface area contributed by atoms with Gasteiger partial charge in [-0.3, -0.25) is 0 Å². The zero-order valence-electron chi connectivity index (χ0n) is 6.63. The molecule has 0 aliphatic rings. The fourth-order valence-corrected chi connectivity index (χ4v) is 1.22. The molecule has 0 atom stereocenters. The second-order valence-electron chi connectivity index (χ2n) is 2.21. The van der Waals surface area contributed by atoms with Crippen LogP contribution in [0.1, 0.15) is 6.42 Å². The van der Waals surface area contributed by atoms with Gasteiger partial charge in [0.05, 0.1) is 0 Å². The first-order chi connectivity index (χ1) is 5.43. The molecule has 0 unspecified atom stereocenters. The Morgan fingerprint density at radius 2 is 2.64 bits per heavy atom. The zero-order chi connectivity index (χ0) is 7.94. The summed E-state index contributed by atoms with van der Waals surface area (Å²) in [6, 6.07) is 0. The quantitative estimate of drug-likeness (QED) is 0.661. The van der Waals surface area contributed by atoms with Crippen LogP contribution in [0.3, 0.4) is 0 Å². The fraction of sp³-hybridized carbons (Fsp3) is 0.571. The van der Waals surface area contributed by atoms with Gasteiger partial charge in [-0.2, -0.15) is 11.8 Å². The SMILES string of the molecule is CSCCCNc1ncc[nH]1. The van der Waals surface area contributed by atoms with E-state index in [9.17, 15) is 0 Å². The first kappa shape index (κ1) is 8.46. The van der Waals surface area contributed by atoms with Crippen LogP contribution in [0.5, 0.6) is 0 Å². The summed E-state index contributed by atoms with van der Waals surface area (Å²) < 4.78 is 0. The highest BCUT2D eigenvalue weighted by Gasteiger charge is 1.90. The lowest BCUT2D eigenvalue weighted by Crippen LogP contribution is -2.03. The van der Waals surface area contributed by atoms with E-state index in [1.807, 2.05) is 18.0 Å². The standard InChI is InChI=1S/C7H13N3S/c1-11-6-2-3-8-7-9-4-5-10-7/h4-5H,2-3,6H2,1H3,(H2,8,9,10). The number of nitrogens with zero attached hydrogens (tertiary/aromatic N) is 1. The van der Waals surface area contributed by atoms with Gasteiger partial charge < -0.3 is 10.3 Å². The first-order valence-electron chi connectivity index (χ1n) is 3.65. The van der Waals surface area contributed by atoms with Crippen LogP contribution in [0.4, 0.5) is 5.95 Å². The number of aromatic nitrogens is 2. The Labute approximate surface area is 71.0 Å². The molecule has 1 aromatic heterocycles. The third kappa shape index (κ3) is 3.32. The normalized spacial score (nSPS) is 9.91. The lowest BCUT2D eigenvalue weighted by atomic mass is 10.5. The second kappa shape index (κ2) is 5.07. The number of hydrogen-bond donors (Lipinski definition) is 2. The molecule has 62 valence electrons. The summed E-state index contributed by atoms with van der Waals surface area (Å²) in [6.07, 6.45) is 6.86. The van der Waals surface area contributed by atoms with Gasteiger partial charge in [0.2, 0.25) is 0 Å². The minimum Gasteiger partial charge on any atom is -0.356 e. The lowest BCUT2D eigenvalue weighted by Gasteiger charge is -1.99. The van der Waals surface area contributed by atoms with E-state index in [0.717, 1.165) is 12.5 Å². The number of aromatic amines is 1. The molecule has 11 heavy (non-hydrogen) atoms. The Kier molecular flexibility index (Phi) is 3.90. The lowest BCUT2D eigenvalue weighted by molar-refractivity contribution is 0.974. The number of H-pyrrole nitrogens is 1. The van der Waals surface area contributed by atoms with Gasteiger partial charge in [0.25, 0.3) is 0 Å². The molecule has 0 radical (unpaired) electrons. The van der Waals surface area contributed by atoms with Gasteiger partial charge in [0.1, 0.15) is 0 Å². The minimum absolute atomic E-state index is 0.867. The van der Waals surface area contributed by atoms with Crippen molar-refractivity contribution in [2.45, 2.75) is 6.42 Å². The van der Waals surface area contributed by atoms with Gasteiger partial charge >= 0.3 is 0 Å². The summed E-state index contributed by atoms with van der Waals surface area (Å²) in [7, 11) is 0. The van der Waals surface area contributed by atoms with E-state index in [1.165, 1.54) is 12.2 Å². The fourth-order valence-electron chi connectivity index (χ4n) is 0.785. The van der Waals surface area contributed by atoms with Crippen LogP contribution in [0.15, 0.2) is 12.4 Å². The Balaban J connectivity index is 2.04. The highest BCUT2D eigenvalue weighted by Crippen LogP contribution is 1.98. The molecule has 2 N–H and O–H groups in total. The molecule has 1 aromatic rings. The van der Waals surface area contributed by atoms with Gasteiger partial charge in [-0.1, -0.05) is 0 Å². The monoisotopic (exact) mass is 171 g/mol. The molecule has 0 amide bonds. The van der Waals surface area contributed by atoms with E-state index in [0.29, 0.717) is 0 Å². The summed E-state index contributed by atoms with van der Waals surface area (Å²) in [5.74, 6) is 2.07. The number of imidazole rings is 1. The molecular weight excluding hydrogens is 158 g/mol. The molecule has 0 aliphatic heterocycles. The van der Waals surface area contributed by atoms with Gasteiger partial charge in [0, 0.05) is 18.9 Å². The van der Waals surface area contributed by atoms with Gasteiger partial charge in [-0.25, -0.2) is 4.98 Å². The van der Waals surface area contributed by atoms with E-state index in [2.05, 4.69) is 21.5 Å². The van der Waals surface area contributed by atoms with Crippen molar-refractivity contribution in [1.82, 2.24) is 9.97 Å². The van der Waals surface area contributed by atoms with Gasteiger partial charge in [-0.05, 0) is 18.4 Å². The molecule has 0 aromatic carbocycles. The van der Waals surface area contributed by atoms with Crippen molar-refractivity contribution in [3.63, 3.8) is 0 Å². The number of anilines is 1. The molecule has 1 heterocycles. The zero-order valence-corrected chi connectivity index (χ0v) is 7.45. The molecule has 3 nitrogen and oxygen atoms in total. The summed E-state index contributed by atoms with van der Waals surface area (Å²) in [4.78, 5) is 7.03. The number of rotatable bonds is 5.